The molecule has 0 aliphatic rings. The van der Waals surface area contributed by atoms with Crippen molar-refractivity contribution in [2.75, 3.05) is 7.11 Å². The molecule has 0 atom stereocenters. The number of halogens is 1. The van der Waals surface area contributed by atoms with Crippen molar-refractivity contribution in [3.8, 4) is 5.75 Å². The molecule has 0 aromatic carbocycles. The summed E-state index contributed by atoms with van der Waals surface area (Å²) in [6, 6.07) is 1.34. The van der Waals surface area contributed by atoms with E-state index in [0.29, 0.717) is 5.75 Å². The number of hydrogen-bond acceptors (Lipinski definition) is 4. The van der Waals surface area contributed by atoms with Gasteiger partial charge in [0.15, 0.2) is 11.9 Å². The topological polar surface area (TPSA) is 65.3 Å². The fourth-order valence-corrected chi connectivity index (χ4v) is 0.884. The highest BCUT2D eigenvalue weighted by atomic mass is 35.5. The van der Waals surface area contributed by atoms with Gasteiger partial charge in [0.1, 0.15) is 5.02 Å². The molecule has 0 aliphatic heterocycles. The van der Waals surface area contributed by atoms with E-state index in [1.807, 2.05) is 0 Å². The Bertz CT molecular complexity index is 316. The van der Waals surface area contributed by atoms with Crippen LogP contribution in [-0.4, -0.2) is 17.0 Å². The van der Waals surface area contributed by atoms with Crippen LogP contribution < -0.4 is 4.74 Å². The number of rotatable bonds is 2. The van der Waals surface area contributed by atoms with E-state index in [1.165, 1.54) is 19.4 Å². The van der Waals surface area contributed by atoms with Crippen molar-refractivity contribution in [1.82, 2.24) is 4.98 Å². The van der Waals surface area contributed by atoms with Gasteiger partial charge in [0.25, 0.3) is 0 Å². The molecule has 0 spiro atoms. The van der Waals surface area contributed by atoms with Crippen LogP contribution in [0.5, 0.6) is 5.75 Å². The van der Waals surface area contributed by atoms with Crippen LogP contribution in [0.4, 0.5) is 5.82 Å². The van der Waals surface area contributed by atoms with Gasteiger partial charge in [-0.2, -0.15) is 0 Å². The maximum absolute atomic E-state index is 10.2. The van der Waals surface area contributed by atoms with Crippen LogP contribution in [0.1, 0.15) is 0 Å². The van der Waals surface area contributed by atoms with Crippen molar-refractivity contribution in [3.05, 3.63) is 27.4 Å². The van der Waals surface area contributed by atoms with Crippen LogP contribution in [-0.2, 0) is 0 Å². The summed E-state index contributed by atoms with van der Waals surface area (Å²) in [5.41, 5.74) is 0. The molecule has 0 bridgehead atoms. The summed E-state index contributed by atoms with van der Waals surface area (Å²) in [7, 11) is 1.43. The molecule has 0 aliphatic carbocycles. The molecular formula is C6H5ClN2O3. The molecule has 6 heteroatoms. The van der Waals surface area contributed by atoms with Gasteiger partial charge >= 0.3 is 5.82 Å². The molecule has 0 unspecified atom stereocenters. The monoisotopic (exact) mass is 188 g/mol. The lowest BCUT2D eigenvalue weighted by molar-refractivity contribution is -0.389. The van der Waals surface area contributed by atoms with E-state index in [4.69, 9.17) is 16.3 Å². The average Bonchev–Trinajstić information content (AvgIpc) is 2.03. The first-order chi connectivity index (χ1) is 5.65. The second-order valence-electron chi connectivity index (χ2n) is 1.94. The summed E-state index contributed by atoms with van der Waals surface area (Å²) in [5, 5.41) is 10.2. The molecule has 5 nitrogen and oxygen atoms in total. The van der Waals surface area contributed by atoms with Crippen molar-refractivity contribution >= 4 is 17.4 Å². The summed E-state index contributed by atoms with van der Waals surface area (Å²) < 4.78 is 4.76. The quantitative estimate of drug-likeness (QED) is 0.523. The van der Waals surface area contributed by atoms with E-state index < -0.39 is 4.92 Å². The normalized spacial score (nSPS) is 9.50. The van der Waals surface area contributed by atoms with Gasteiger partial charge in [0, 0.05) is 6.07 Å². The number of methoxy groups -OCH3 is 1. The molecule has 1 rings (SSSR count). The molecule has 1 aromatic heterocycles. The second kappa shape index (κ2) is 3.36. The molecule has 1 heterocycles. The molecule has 0 fully saturated rings. The number of nitrogens with zero attached hydrogens (tertiary/aromatic N) is 2. The Labute approximate surface area is 73.1 Å². The summed E-state index contributed by atoms with van der Waals surface area (Å²) in [6.45, 7) is 0. The minimum absolute atomic E-state index is 0.0284. The van der Waals surface area contributed by atoms with Gasteiger partial charge in [-0.1, -0.05) is 11.6 Å². The van der Waals surface area contributed by atoms with Gasteiger partial charge in [-0.3, -0.25) is 0 Å². The van der Waals surface area contributed by atoms with Crippen molar-refractivity contribution in [1.29, 1.82) is 0 Å². The van der Waals surface area contributed by atoms with Gasteiger partial charge in [0.05, 0.1) is 7.11 Å². The van der Waals surface area contributed by atoms with Crippen LogP contribution in [0.3, 0.4) is 0 Å². The number of pyridine rings is 1. The Hall–Kier alpha value is -1.36. The van der Waals surface area contributed by atoms with E-state index in [-0.39, 0.29) is 10.8 Å². The highest BCUT2D eigenvalue weighted by molar-refractivity contribution is 6.32. The molecule has 0 saturated carbocycles. The highest BCUT2D eigenvalue weighted by Crippen LogP contribution is 2.24. The minimum Gasteiger partial charge on any atom is -0.493 e. The zero-order valence-electron chi connectivity index (χ0n) is 6.15. The van der Waals surface area contributed by atoms with E-state index in [2.05, 4.69) is 4.98 Å². The number of ether oxygens (including phenoxy) is 1. The van der Waals surface area contributed by atoms with Crippen molar-refractivity contribution < 1.29 is 9.66 Å². The fraction of sp³-hybridized carbons (Fsp3) is 0.167. The predicted molar refractivity (Wildman–Crippen MR) is 42.5 cm³/mol. The van der Waals surface area contributed by atoms with Crippen LogP contribution in [0.25, 0.3) is 0 Å². The number of nitro groups is 1. The molecule has 0 radical (unpaired) electrons. The van der Waals surface area contributed by atoms with Gasteiger partial charge in [-0.15, -0.1) is 0 Å². The van der Waals surface area contributed by atoms with Gasteiger partial charge in [-0.25, -0.2) is 0 Å². The third-order valence-electron chi connectivity index (χ3n) is 1.21. The van der Waals surface area contributed by atoms with Crippen molar-refractivity contribution in [2.24, 2.45) is 0 Å². The Morgan fingerprint density at radius 1 is 1.75 bits per heavy atom. The molecular weight excluding hydrogens is 184 g/mol. The molecule has 0 N–H and O–H groups in total. The smallest absolute Gasteiger partial charge is 0.382 e. The van der Waals surface area contributed by atoms with E-state index in [0.717, 1.165) is 0 Å². The molecule has 0 saturated heterocycles. The summed E-state index contributed by atoms with van der Waals surface area (Å²) >= 11 is 5.52. The molecule has 1 aromatic rings. The maximum Gasteiger partial charge on any atom is 0.382 e. The lowest BCUT2D eigenvalue weighted by Crippen LogP contribution is -1.93. The van der Waals surface area contributed by atoms with Gasteiger partial charge in [-0.05, 0) is 9.91 Å². The van der Waals surface area contributed by atoms with E-state index in [9.17, 15) is 10.1 Å². The van der Waals surface area contributed by atoms with Crippen LogP contribution in [0, 0.1) is 10.1 Å². The largest absolute Gasteiger partial charge is 0.493 e. The van der Waals surface area contributed by atoms with Gasteiger partial charge in [0.2, 0.25) is 0 Å². The van der Waals surface area contributed by atoms with Gasteiger partial charge < -0.3 is 14.9 Å². The summed E-state index contributed by atoms with van der Waals surface area (Å²) in [5.74, 6) is 0.0306. The highest BCUT2D eigenvalue weighted by Gasteiger charge is 2.14. The SMILES string of the molecule is COc1cnc([N+](=O)[O-])c(Cl)c1. The third-order valence-corrected chi connectivity index (χ3v) is 1.48. The summed E-state index contributed by atoms with van der Waals surface area (Å²) in [4.78, 5) is 13.1. The van der Waals surface area contributed by atoms with Crippen molar-refractivity contribution in [2.45, 2.75) is 0 Å². The first-order valence-corrected chi connectivity index (χ1v) is 3.37. The van der Waals surface area contributed by atoms with E-state index in [1.54, 1.807) is 0 Å². The maximum atomic E-state index is 10.2. The van der Waals surface area contributed by atoms with Crippen LogP contribution in [0.15, 0.2) is 12.3 Å². The fourth-order valence-electron chi connectivity index (χ4n) is 0.659. The second-order valence-corrected chi connectivity index (χ2v) is 2.34. The van der Waals surface area contributed by atoms with Crippen molar-refractivity contribution in [3.63, 3.8) is 0 Å². The third kappa shape index (κ3) is 1.62. The molecule has 0 amide bonds. The number of hydrogen-bond donors (Lipinski definition) is 0. The first kappa shape index (κ1) is 8.73. The average molecular weight is 189 g/mol. The lowest BCUT2D eigenvalue weighted by Gasteiger charge is -1.97. The predicted octanol–water partition coefficient (Wildman–Crippen LogP) is 1.65. The Morgan fingerprint density at radius 2 is 2.42 bits per heavy atom. The number of aromatic nitrogens is 1. The van der Waals surface area contributed by atoms with Crippen LogP contribution >= 0.6 is 11.6 Å². The Balaban J connectivity index is 3.12. The standard InChI is InChI=1S/C6H5ClN2O3/c1-12-4-2-5(7)6(8-3-4)9(10)11/h2-3H,1H3. The minimum atomic E-state index is -0.651. The molecule has 12 heavy (non-hydrogen) atoms. The first-order valence-electron chi connectivity index (χ1n) is 2.99. The van der Waals surface area contributed by atoms with E-state index >= 15 is 0 Å². The zero-order valence-corrected chi connectivity index (χ0v) is 6.91. The zero-order chi connectivity index (χ0) is 9.14. The Kier molecular flexibility index (Phi) is 2.44. The lowest BCUT2D eigenvalue weighted by atomic mass is 10.4. The molecule has 64 valence electrons. The van der Waals surface area contributed by atoms with Crippen LogP contribution in [0.2, 0.25) is 5.02 Å². The summed E-state index contributed by atoms with van der Waals surface area (Å²) in [6.07, 6.45) is 1.24. The Morgan fingerprint density at radius 3 is 2.83 bits per heavy atom.